The second kappa shape index (κ2) is 6.82. The van der Waals surface area contributed by atoms with E-state index in [2.05, 4.69) is 18.3 Å². The number of nitro groups is 1. The molecule has 1 aromatic carbocycles. The van der Waals surface area contributed by atoms with Crippen molar-refractivity contribution in [3.8, 4) is 6.07 Å². The highest BCUT2D eigenvalue weighted by atomic mass is 35.5. The summed E-state index contributed by atoms with van der Waals surface area (Å²) in [4.78, 5) is 24.2. The number of amides is 1. The van der Waals surface area contributed by atoms with Gasteiger partial charge in [-0.3, -0.25) is 14.9 Å². The predicted molar refractivity (Wildman–Crippen MR) is 96.3 cm³/mol. The van der Waals surface area contributed by atoms with E-state index in [0.717, 1.165) is 29.7 Å². The Labute approximate surface area is 153 Å². The molecule has 0 saturated heterocycles. The van der Waals surface area contributed by atoms with Crippen LogP contribution in [0.4, 0.5) is 10.7 Å². The van der Waals surface area contributed by atoms with Gasteiger partial charge in [0.15, 0.2) is 0 Å². The summed E-state index contributed by atoms with van der Waals surface area (Å²) in [5.41, 5.74) is 1.00. The van der Waals surface area contributed by atoms with E-state index < -0.39 is 10.8 Å². The summed E-state index contributed by atoms with van der Waals surface area (Å²) in [6.45, 7) is 2.16. The van der Waals surface area contributed by atoms with Crippen molar-refractivity contribution in [3.63, 3.8) is 0 Å². The molecule has 6 nitrogen and oxygen atoms in total. The zero-order valence-electron chi connectivity index (χ0n) is 13.3. The van der Waals surface area contributed by atoms with Gasteiger partial charge in [0.05, 0.1) is 10.5 Å². The van der Waals surface area contributed by atoms with Gasteiger partial charge < -0.3 is 5.32 Å². The third-order valence-corrected chi connectivity index (χ3v) is 5.66. The molecule has 0 fully saturated rings. The Morgan fingerprint density at radius 2 is 2.28 bits per heavy atom. The highest BCUT2D eigenvalue weighted by Crippen LogP contribution is 2.39. The molecule has 1 aliphatic carbocycles. The summed E-state index contributed by atoms with van der Waals surface area (Å²) in [5, 5.41) is 24.0. The molecule has 0 bridgehead atoms. The van der Waals surface area contributed by atoms with Gasteiger partial charge in [-0.2, -0.15) is 5.26 Å². The molecule has 25 heavy (non-hydrogen) atoms. The summed E-state index contributed by atoms with van der Waals surface area (Å²) in [6.07, 6.45) is 2.69. The summed E-state index contributed by atoms with van der Waals surface area (Å²) >= 11 is 7.25. The Hall–Kier alpha value is -2.43. The van der Waals surface area contributed by atoms with E-state index >= 15 is 0 Å². The van der Waals surface area contributed by atoms with Crippen LogP contribution in [-0.2, 0) is 12.8 Å². The molecule has 1 heterocycles. The standard InChI is InChI=1S/C17H14ClN3O3S/c1-9-2-4-11-13(8-19)17(25-15(11)6-9)20-16(22)12-7-10(18)3-5-14(12)21(23)24/h3,5,7,9H,2,4,6H2,1H3,(H,20,22)/t9-/m0/s1. The molecule has 0 aliphatic heterocycles. The van der Waals surface area contributed by atoms with Crippen LogP contribution in [-0.4, -0.2) is 10.8 Å². The van der Waals surface area contributed by atoms with Gasteiger partial charge in [-0.15, -0.1) is 11.3 Å². The van der Waals surface area contributed by atoms with Crippen LogP contribution in [0.2, 0.25) is 5.02 Å². The minimum Gasteiger partial charge on any atom is -0.312 e. The van der Waals surface area contributed by atoms with E-state index in [1.807, 2.05) is 0 Å². The Morgan fingerprint density at radius 1 is 1.52 bits per heavy atom. The van der Waals surface area contributed by atoms with E-state index in [9.17, 15) is 20.2 Å². The summed E-state index contributed by atoms with van der Waals surface area (Å²) in [5.74, 6) is -0.104. The average Bonchev–Trinajstić information content (AvgIpc) is 2.90. The molecule has 1 amide bonds. The van der Waals surface area contributed by atoms with E-state index in [1.54, 1.807) is 0 Å². The molecule has 3 rings (SSSR count). The molecule has 1 N–H and O–H groups in total. The molecule has 0 saturated carbocycles. The van der Waals surface area contributed by atoms with Gasteiger partial charge in [-0.1, -0.05) is 18.5 Å². The lowest BCUT2D eigenvalue weighted by molar-refractivity contribution is -0.385. The molecule has 1 atom stereocenters. The van der Waals surface area contributed by atoms with Crippen molar-refractivity contribution in [2.45, 2.75) is 26.2 Å². The lowest BCUT2D eigenvalue weighted by Gasteiger charge is -2.17. The quantitative estimate of drug-likeness (QED) is 0.628. The van der Waals surface area contributed by atoms with E-state index in [-0.39, 0.29) is 16.3 Å². The highest BCUT2D eigenvalue weighted by molar-refractivity contribution is 7.16. The number of hydrogen-bond acceptors (Lipinski definition) is 5. The number of nitriles is 1. The zero-order chi connectivity index (χ0) is 18.1. The number of nitro benzene ring substituents is 1. The third kappa shape index (κ3) is 3.36. The van der Waals surface area contributed by atoms with Crippen LogP contribution in [0, 0.1) is 27.4 Å². The van der Waals surface area contributed by atoms with Gasteiger partial charge in [0.2, 0.25) is 0 Å². The SMILES string of the molecule is C[C@H]1CCc2c(sc(NC(=O)c3cc(Cl)ccc3[N+](=O)[O-])c2C#N)C1. The first kappa shape index (κ1) is 17.4. The number of nitrogens with one attached hydrogen (secondary N) is 1. The molecule has 1 aliphatic rings. The van der Waals surface area contributed by atoms with Crippen LogP contribution in [0.1, 0.15) is 39.7 Å². The lowest BCUT2D eigenvalue weighted by atomic mass is 9.88. The van der Waals surface area contributed by atoms with E-state index in [1.165, 1.54) is 29.5 Å². The zero-order valence-corrected chi connectivity index (χ0v) is 14.9. The Bertz CT molecular complexity index is 917. The molecule has 0 radical (unpaired) electrons. The van der Waals surface area contributed by atoms with Crippen LogP contribution in [0.5, 0.6) is 0 Å². The normalized spacial score (nSPS) is 16.0. The summed E-state index contributed by atoms with van der Waals surface area (Å²) in [7, 11) is 0. The second-order valence-corrected chi connectivity index (χ2v) is 7.58. The molecule has 128 valence electrons. The van der Waals surface area contributed by atoms with Crippen molar-refractivity contribution in [1.29, 1.82) is 5.26 Å². The van der Waals surface area contributed by atoms with Gasteiger partial charge in [-0.05, 0) is 42.9 Å². The van der Waals surface area contributed by atoms with Gasteiger partial charge >= 0.3 is 0 Å². The number of carbonyl (C=O) groups is 1. The molecular weight excluding hydrogens is 362 g/mol. The molecule has 0 unspecified atom stereocenters. The molecule has 2 aromatic rings. The lowest BCUT2D eigenvalue weighted by Crippen LogP contribution is -2.14. The largest absolute Gasteiger partial charge is 0.312 e. The number of benzene rings is 1. The number of anilines is 1. The topological polar surface area (TPSA) is 96.0 Å². The first-order chi connectivity index (χ1) is 11.9. The van der Waals surface area contributed by atoms with Crippen molar-refractivity contribution < 1.29 is 9.72 Å². The van der Waals surface area contributed by atoms with Gasteiger partial charge in [-0.25, -0.2) is 0 Å². The van der Waals surface area contributed by atoms with Crippen LogP contribution >= 0.6 is 22.9 Å². The van der Waals surface area contributed by atoms with Crippen molar-refractivity contribution in [3.05, 3.63) is 54.9 Å². The van der Waals surface area contributed by atoms with E-state index in [4.69, 9.17) is 11.6 Å². The van der Waals surface area contributed by atoms with Gasteiger partial charge in [0, 0.05) is 16.0 Å². The number of fused-ring (bicyclic) bond motifs is 1. The fourth-order valence-electron chi connectivity index (χ4n) is 2.98. The minimum absolute atomic E-state index is 0.124. The number of rotatable bonds is 3. The first-order valence-electron chi connectivity index (χ1n) is 7.70. The minimum atomic E-state index is -0.641. The molecule has 0 spiro atoms. The van der Waals surface area contributed by atoms with Crippen molar-refractivity contribution in [2.75, 3.05) is 5.32 Å². The van der Waals surface area contributed by atoms with Gasteiger partial charge in [0.1, 0.15) is 16.6 Å². The number of carbonyl (C=O) groups excluding carboxylic acids is 1. The van der Waals surface area contributed by atoms with Crippen molar-refractivity contribution >= 4 is 39.5 Å². The average molecular weight is 376 g/mol. The fraction of sp³-hybridized carbons (Fsp3) is 0.294. The van der Waals surface area contributed by atoms with Crippen LogP contribution < -0.4 is 5.32 Å². The third-order valence-electron chi connectivity index (χ3n) is 4.25. The van der Waals surface area contributed by atoms with Crippen molar-refractivity contribution in [2.24, 2.45) is 5.92 Å². The molecule has 8 heteroatoms. The number of nitrogens with zero attached hydrogens (tertiary/aromatic N) is 2. The molecule has 1 aromatic heterocycles. The Morgan fingerprint density at radius 3 is 2.96 bits per heavy atom. The first-order valence-corrected chi connectivity index (χ1v) is 8.90. The van der Waals surface area contributed by atoms with Crippen molar-refractivity contribution in [1.82, 2.24) is 0 Å². The molecular formula is C17H14ClN3O3S. The Kier molecular flexibility index (Phi) is 4.75. The second-order valence-electron chi connectivity index (χ2n) is 6.04. The van der Waals surface area contributed by atoms with Crippen LogP contribution in [0.15, 0.2) is 18.2 Å². The number of halogens is 1. The summed E-state index contributed by atoms with van der Waals surface area (Å²) in [6, 6.07) is 5.98. The number of hydrogen-bond donors (Lipinski definition) is 1. The summed E-state index contributed by atoms with van der Waals surface area (Å²) < 4.78 is 0. The highest BCUT2D eigenvalue weighted by Gasteiger charge is 2.26. The fourth-order valence-corrected chi connectivity index (χ4v) is 4.51. The maximum Gasteiger partial charge on any atom is 0.282 e. The predicted octanol–water partition coefficient (Wildman–Crippen LogP) is 4.56. The smallest absolute Gasteiger partial charge is 0.282 e. The van der Waals surface area contributed by atoms with E-state index in [0.29, 0.717) is 16.5 Å². The Balaban J connectivity index is 1.96. The maximum atomic E-state index is 12.6. The van der Waals surface area contributed by atoms with Crippen LogP contribution in [0.3, 0.4) is 0 Å². The van der Waals surface area contributed by atoms with Crippen LogP contribution in [0.25, 0.3) is 0 Å². The van der Waals surface area contributed by atoms with Gasteiger partial charge in [0.25, 0.3) is 11.6 Å². The maximum absolute atomic E-state index is 12.6. The monoisotopic (exact) mass is 375 g/mol. The number of thiophene rings is 1.